The number of halogens is 1. The van der Waals surface area contributed by atoms with E-state index in [-0.39, 0.29) is 18.3 Å². The lowest BCUT2D eigenvalue weighted by Crippen LogP contribution is -2.20. The van der Waals surface area contributed by atoms with Crippen LogP contribution >= 0.6 is 0 Å². The molecular weight excluding hydrogens is 221 g/mol. The number of hydrogen-bond acceptors (Lipinski definition) is 2. The lowest BCUT2D eigenvalue weighted by molar-refractivity contribution is -0.118. The molecule has 0 aliphatic heterocycles. The van der Waals surface area contributed by atoms with E-state index in [1.165, 1.54) is 19.1 Å². The van der Waals surface area contributed by atoms with Crippen molar-refractivity contribution in [2.45, 2.75) is 20.0 Å². The molecule has 0 atom stereocenters. The number of aliphatic hydroxyl groups is 1. The van der Waals surface area contributed by atoms with Gasteiger partial charge in [-0.3, -0.25) is 4.79 Å². The monoisotopic (exact) mass is 237 g/mol. The van der Waals surface area contributed by atoms with Gasteiger partial charge >= 0.3 is 0 Å². The minimum absolute atomic E-state index is 0.0590. The van der Waals surface area contributed by atoms with Crippen molar-refractivity contribution in [1.29, 1.82) is 0 Å². The van der Waals surface area contributed by atoms with Crippen LogP contribution in [0.4, 0.5) is 4.39 Å². The Labute approximate surface area is 100.0 Å². The average molecular weight is 237 g/mol. The molecular formula is C13H16FNO2. The van der Waals surface area contributed by atoms with Crippen molar-refractivity contribution < 1.29 is 14.3 Å². The summed E-state index contributed by atoms with van der Waals surface area (Å²) in [6.07, 6.45) is 4.39. The summed E-state index contributed by atoms with van der Waals surface area (Å²) in [7, 11) is 0. The fourth-order valence-corrected chi connectivity index (χ4v) is 1.42. The Morgan fingerprint density at radius 3 is 2.94 bits per heavy atom. The molecule has 1 amide bonds. The predicted molar refractivity (Wildman–Crippen MR) is 64.7 cm³/mol. The predicted octanol–water partition coefficient (Wildman–Crippen LogP) is 1.86. The van der Waals surface area contributed by atoms with Gasteiger partial charge in [-0.2, -0.15) is 0 Å². The second-order valence-corrected chi connectivity index (χ2v) is 3.68. The van der Waals surface area contributed by atoms with Crippen LogP contribution in [0.2, 0.25) is 0 Å². The molecule has 0 fully saturated rings. The molecule has 0 saturated carbocycles. The topological polar surface area (TPSA) is 49.3 Å². The number of aliphatic hydroxyl groups excluding tert-OH is 1. The third-order valence-electron chi connectivity index (χ3n) is 2.26. The summed E-state index contributed by atoms with van der Waals surface area (Å²) in [5, 5.41) is 11.7. The first-order chi connectivity index (χ1) is 8.13. The number of carbonyl (C=O) groups is 1. The summed E-state index contributed by atoms with van der Waals surface area (Å²) >= 11 is 0. The van der Waals surface area contributed by atoms with Gasteiger partial charge in [-0.05, 0) is 29.7 Å². The van der Waals surface area contributed by atoms with Gasteiger partial charge in [-0.25, -0.2) is 4.39 Å². The van der Waals surface area contributed by atoms with E-state index in [9.17, 15) is 9.18 Å². The highest BCUT2D eigenvalue weighted by Gasteiger charge is 1.99. The molecule has 4 heteroatoms. The molecule has 1 aromatic rings. The molecule has 1 aromatic carbocycles. The molecule has 1 rings (SSSR count). The molecule has 0 unspecified atom stereocenters. The number of hydrogen-bond donors (Lipinski definition) is 2. The molecule has 0 aliphatic rings. The molecule has 0 radical (unpaired) electrons. The third-order valence-corrected chi connectivity index (χ3v) is 2.26. The Morgan fingerprint density at radius 2 is 2.29 bits per heavy atom. The van der Waals surface area contributed by atoms with Crippen molar-refractivity contribution >= 4 is 12.0 Å². The molecule has 0 aliphatic carbocycles. The summed E-state index contributed by atoms with van der Waals surface area (Å²) in [4.78, 5) is 10.6. The quantitative estimate of drug-likeness (QED) is 0.768. The van der Waals surface area contributed by atoms with E-state index in [2.05, 4.69) is 5.32 Å². The Morgan fingerprint density at radius 1 is 1.53 bits per heavy atom. The van der Waals surface area contributed by atoms with Crippen LogP contribution in [0.25, 0.3) is 6.08 Å². The highest BCUT2D eigenvalue weighted by Crippen LogP contribution is 2.13. The van der Waals surface area contributed by atoms with Crippen LogP contribution in [0.1, 0.15) is 24.5 Å². The van der Waals surface area contributed by atoms with E-state index >= 15 is 0 Å². The molecule has 0 spiro atoms. The minimum Gasteiger partial charge on any atom is -0.392 e. The zero-order chi connectivity index (χ0) is 12.7. The largest absolute Gasteiger partial charge is 0.392 e. The molecule has 3 nitrogen and oxygen atoms in total. The molecule has 0 aromatic heterocycles. The lowest BCUT2D eigenvalue weighted by Gasteiger charge is -2.02. The summed E-state index contributed by atoms with van der Waals surface area (Å²) in [5.41, 5.74) is 1.34. The van der Waals surface area contributed by atoms with Gasteiger partial charge in [0, 0.05) is 13.5 Å². The zero-order valence-electron chi connectivity index (χ0n) is 9.74. The van der Waals surface area contributed by atoms with Crippen LogP contribution in [-0.2, 0) is 11.4 Å². The standard InChI is InChI=1S/C13H16FNO2/c1-10(17)15-7-3-2-4-11-5-6-13(14)8-12(11)9-16/h2,4-6,8,16H,3,7,9H2,1H3,(H,15,17). The summed E-state index contributed by atoms with van der Waals surface area (Å²) in [6, 6.07) is 4.29. The minimum atomic E-state index is -0.357. The van der Waals surface area contributed by atoms with Crippen LogP contribution in [-0.4, -0.2) is 17.6 Å². The summed E-state index contributed by atoms with van der Waals surface area (Å²) < 4.78 is 12.9. The number of benzene rings is 1. The first-order valence-corrected chi connectivity index (χ1v) is 5.43. The van der Waals surface area contributed by atoms with E-state index in [0.29, 0.717) is 18.5 Å². The zero-order valence-corrected chi connectivity index (χ0v) is 9.74. The van der Waals surface area contributed by atoms with Gasteiger partial charge in [0.25, 0.3) is 0 Å². The van der Waals surface area contributed by atoms with Crippen molar-refractivity contribution in [3.63, 3.8) is 0 Å². The molecule has 17 heavy (non-hydrogen) atoms. The van der Waals surface area contributed by atoms with Crippen LogP contribution in [0.15, 0.2) is 24.3 Å². The fourth-order valence-electron chi connectivity index (χ4n) is 1.42. The maximum atomic E-state index is 12.9. The lowest BCUT2D eigenvalue weighted by atomic mass is 10.1. The third kappa shape index (κ3) is 4.78. The number of carbonyl (C=O) groups excluding carboxylic acids is 1. The highest BCUT2D eigenvalue weighted by atomic mass is 19.1. The number of rotatable bonds is 5. The normalized spacial score (nSPS) is 10.8. The second-order valence-electron chi connectivity index (χ2n) is 3.68. The first kappa shape index (κ1) is 13.4. The van der Waals surface area contributed by atoms with Gasteiger partial charge in [0.15, 0.2) is 0 Å². The summed E-state index contributed by atoms with van der Waals surface area (Å²) in [5.74, 6) is -0.416. The Balaban J connectivity index is 2.55. The molecule has 2 N–H and O–H groups in total. The van der Waals surface area contributed by atoms with Gasteiger partial charge in [0.05, 0.1) is 6.61 Å². The van der Waals surface area contributed by atoms with Crippen molar-refractivity contribution in [1.82, 2.24) is 5.32 Å². The van der Waals surface area contributed by atoms with Gasteiger partial charge in [0.1, 0.15) is 5.82 Å². The number of amides is 1. The maximum Gasteiger partial charge on any atom is 0.216 e. The summed E-state index contributed by atoms with van der Waals surface area (Å²) in [6.45, 7) is 1.85. The van der Waals surface area contributed by atoms with E-state index in [1.54, 1.807) is 6.07 Å². The van der Waals surface area contributed by atoms with Crippen LogP contribution in [0.3, 0.4) is 0 Å². The first-order valence-electron chi connectivity index (χ1n) is 5.43. The fraction of sp³-hybridized carbons (Fsp3) is 0.308. The second kappa shape index (κ2) is 6.81. The number of nitrogens with one attached hydrogen (secondary N) is 1. The van der Waals surface area contributed by atoms with E-state index in [1.807, 2.05) is 12.2 Å². The molecule has 0 saturated heterocycles. The van der Waals surface area contributed by atoms with Gasteiger partial charge in [-0.15, -0.1) is 0 Å². The van der Waals surface area contributed by atoms with Crippen LogP contribution in [0, 0.1) is 5.82 Å². The van der Waals surface area contributed by atoms with Gasteiger partial charge in [-0.1, -0.05) is 18.2 Å². The van der Waals surface area contributed by atoms with Crippen molar-refractivity contribution in [2.75, 3.05) is 6.54 Å². The SMILES string of the molecule is CC(=O)NCCC=Cc1ccc(F)cc1CO. The Hall–Kier alpha value is -1.68. The van der Waals surface area contributed by atoms with Gasteiger partial charge < -0.3 is 10.4 Å². The van der Waals surface area contributed by atoms with Crippen LogP contribution in [0.5, 0.6) is 0 Å². The Bertz CT molecular complexity index is 416. The Kier molecular flexibility index (Phi) is 5.36. The molecule has 0 heterocycles. The maximum absolute atomic E-state index is 12.9. The van der Waals surface area contributed by atoms with Gasteiger partial charge in [0.2, 0.25) is 5.91 Å². The smallest absolute Gasteiger partial charge is 0.216 e. The highest BCUT2D eigenvalue weighted by molar-refractivity contribution is 5.72. The van der Waals surface area contributed by atoms with Crippen molar-refractivity contribution in [3.8, 4) is 0 Å². The molecule has 92 valence electrons. The van der Waals surface area contributed by atoms with Crippen LogP contribution < -0.4 is 5.32 Å². The van der Waals surface area contributed by atoms with E-state index < -0.39 is 0 Å². The van der Waals surface area contributed by atoms with E-state index in [4.69, 9.17) is 5.11 Å². The van der Waals surface area contributed by atoms with Crippen molar-refractivity contribution in [2.24, 2.45) is 0 Å². The molecule has 0 bridgehead atoms. The average Bonchev–Trinajstić information content (AvgIpc) is 2.29. The van der Waals surface area contributed by atoms with E-state index in [0.717, 1.165) is 5.56 Å². The van der Waals surface area contributed by atoms with Crippen molar-refractivity contribution in [3.05, 3.63) is 41.2 Å².